The molecule has 0 unspecified atom stereocenters. The monoisotopic (exact) mass is 357 g/mol. The van der Waals surface area contributed by atoms with Gasteiger partial charge >= 0.3 is 5.97 Å². The molecule has 2 aromatic carbocycles. The van der Waals surface area contributed by atoms with Gasteiger partial charge < -0.3 is 10.0 Å². The van der Waals surface area contributed by atoms with Gasteiger partial charge in [0.25, 0.3) is 5.91 Å². The molecule has 0 bridgehead atoms. The fraction of sp³-hybridized carbons (Fsp3) is 0.300. The van der Waals surface area contributed by atoms with Crippen molar-refractivity contribution in [2.24, 2.45) is 0 Å². The summed E-state index contributed by atoms with van der Waals surface area (Å²) in [5, 5.41) is 10.5. The van der Waals surface area contributed by atoms with E-state index in [1.165, 1.54) is 0 Å². The van der Waals surface area contributed by atoms with E-state index in [2.05, 4.69) is 0 Å². The molecule has 0 aromatic heterocycles. The minimum absolute atomic E-state index is 0.0770. The molecule has 1 aliphatic heterocycles. The van der Waals surface area contributed by atoms with Crippen LogP contribution in [0, 0.1) is 6.92 Å². The lowest BCUT2D eigenvalue weighted by molar-refractivity contribution is -0.145. The number of carbonyl (C=O) groups is 2. The summed E-state index contributed by atoms with van der Waals surface area (Å²) in [6, 6.07) is 14.5. The lowest BCUT2D eigenvalue weighted by Gasteiger charge is -2.39. The summed E-state index contributed by atoms with van der Waals surface area (Å²) in [6.45, 7) is 2.70. The molecule has 0 spiro atoms. The highest BCUT2D eigenvalue weighted by atomic mass is 35.5. The number of halogens is 1. The molecule has 1 fully saturated rings. The maximum absolute atomic E-state index is 12.7. The molecule has 0 saturated carbocycles. The number of carbonyl (C=O) groups excluding carboxylic acids is 1. The third-order valence-electron chi connectivity index (χ3n) is 5.04. The minimum Gasteiger partial charge on any atom is -0.481 e. The number of amides is 1. The Kier molecular flexibility index (Phi) is 4.82. The van der Waals surface area contributed by atoms with E-state index in [0.717, 1.165) is 11.1 Å². The first kappa shape index (κ1) is 17.5. The number of benzene rings is 2. The molecule has 1 amide bonds. The standard InChI is InChI=1S/C20H20ClNO3/c1-14-13-15(7-8-17(14)21)18(23)22-11-9-20(10-12-22,19(24)25)16-5-3-2-4-6-16/h2-8,13H,9-12H2,1H3,(H,24,25). The molecule has 130 valence electrons. The van der Waals surface area contributed by atoms with E-state index in [4.69, 9.17) is 11.6 Å². The van der Waals surface area contributed by atoms with Crippen LogP contribution in [0.1, 0.15) is 34.3 Å². The summed E-state index contributed by atoms with van der Waals surface area (Å²) in [4.78, 5) is 26.4. The van der Waals surface area contributed by atoms with Crippen LogP contribution in [0.25, 0.3) is 0 Å². The van der Waals surface area contributed by atoms with Gasteiger partial charge in [-0.15, -0.1) is 0 Å². The highest BCUT2D eigenvalue weighted by Gasteiger charge is 2.43. The summed E-state index contributed by atoms with van der Waals surface area (Å²) in [5.74, 6) is -0.903. The molecule has 0 aliphatic carbocycles. The molecule has 4 nitrogen and oxygen atoms in total. The second kappa shape index (κ2) is 6.89. The van der Waals surface area contributed by atoms with Crippen LogP contribution in [0.5, 0.6) is 0 Å². The number of rotatable bonds is 3. The first-order valence-corrected chi connectivity index (χ1v) is 8.66. The first-order valence-electron chi connectivity index (χ1n) is 8.28. The van der Waals surface area contributed by atoms with Crippen LogP contribution in [0.3, 0.4) is 0 Å². The maximum atomic E-state index is 12.7. The van der Waals surface area contributed by atoms with Crippen LogP contribution in [-0.2, 0) is 10.2 Å². The lowest BCUT2D eigenvalue weighted by Crippen LogP contribution is -2.49. The molecule has 1 aliphatic rings. The number of likely N-dealkylation sites (tertiary alicyclic amines) is 1. The summed E-state index contributed by atoms with van der Waals surface area (Å²) < 4.78 is 0. The number of nitrogens with zero attached hydrogens (tertiary/aromatic N) is 1. The zero-order valence-electron chi connectivity index (χ0n) is 14.0. The minimum atomic E-state index is -0.923. The normalized spacial score (nSPS) is 16.5. The highest BCUT2D eigenvalue weighted by molar-refractivity contribution is 6.31. The van der Waals surface area contributed by atoms with E-state index in [1.807, 2.05) is 37.3 Å². The first-order chi connectivity index (χ1) is 11.9. The van der Waals surface area contributed by atoms with E-state index in [0.29, 0.717) is 36.5 Å². The number of aryl methyl sites for hydroxylation is 1. The zero-order chi connectivity index (χ0) is 18.0. The van der Waals surface area contributed by atoms with Crippen molar-refractivity contribution in [1.82, 2.24) is 4.90 Å². The van der Waals surface area contributed by atoms with Crippen LogP contribution in [-0.4, -0.2) is 35.0 Å². The Morgan fingerprint density at radius 1 is 1.08 bits per heavy atom. The predicted molar refractivity (Wildman–Crippen MR) is 97.1 cm³/mol. The van der Waals surface area contributed by atoms with Crippen molar-refractivity contribution in [3.63, 3.8) is 0 Å². The van der Waals surface area contributed by atoms with Gasteiger partial charge in [-0.25, -0.2) is 0 Å². The summed E-state index contributed by atoms with van der Waals surface area (Å²) in [6.07, 6.45) is 0.815. The van der Waals surface area contributed by atoms with Crippen molar-refractivity contribution in [3.8, 4) is 0 Å². The Labute approximate surface area is 152 Å². The van der Waals surface area contributed by atoms with E-state index < -0.39 is 11.4 Å². The molecular formula is C20H20ClNO3. The second-order valence-corrected chi connectivity index (χ2v) is 6.92. The Hall–Kier alpha value is -2.33. The smallest absolute Gasteiger partial charge is 0.314 e. The second-order valence-electron chi connectivity index (χ2n) is 6.51. The largest absolute Gasteiger partial charge is 0.481 e. The molecule has 2 aromatic rings. The predicted octanol–water partition coefficient (Wildman–Crippen LogP) is 3.91. The molecule has 1 saturated heterocycles. The van der Waals surface area contributed by atoms with Crippen molar-refractivity contribution in [1.29, 1.82) is 0 Å². The summed E-state index contributed by atoms with van der Waals surface area (Å²) >= 11 is 6.02. The van der Waals surface area contributed by atoms with Crippen LogP contribution in [0.4, 0.5) is 0 Å². The quantitative estimate of drug-likeness (QED) is 0.906. The van der Waals surface area contributed by atoms with Gasteiger partial charge in [0.05, 0.1) is 5.41 Å². The van der Waals surface area contributed by atoms with Crippen LogP contribution < -0.4 is 0 Å². The van der Waals surface area contributed by atoms with E-state index >= 15 is 0 Å². The van der Waals surface area contributed by atoms with E-state index in [9.17, 15) is 14.7 Å². The van der Waals surface area contributed by atoms with Crippen LogP contribution in [0.2, 0.25) is 5.02 Å². The molecule has 1 heterocycles. The highest BCUT2D eigenvalue weighted by Crippen LogP contribution is 2.36. The fourth-order valence-electron chi connectivity index (χ4n) is 3.44. The van der Waals surface area contributed by atoms with E-state index in [1.54, 1.807) is 23.1 Å². The summed E-state index contributed by atoms with van der Waals surface area (Å²) in [7, 11) is 0. The third-order valence-corrected chi connectivity index (χ3v) is 5.47. The van der Waals surface area contributed by atoms with Gasteiger partial charge in [-0.2, -0.15) is 0 Å². The topological polar surface area (TPSA) is 57.6 Å². The van der Waals surface area contributed by atoms with Gasteiger partial charge in [-0.3, -0.25) is 9.59 Å². The average Bonchev–Trinajstić information content (AvgIpc) is 2.64. The van der Waals surface area contributed by atoms with Gasteiger partial charge in [0, 0.05) is 23.7 Å². The maximum Gasteiger partial charge on any atom is 0.314 e. The Bertz CT molecular complexity index is 796. The van der Waals surface area contributed by atoms with Crippen LogP contribution in [0.15, 0.2) is 48.5 Å². The molecule has 25 heavy (non-hydrogen) atoms. The van der Waals surface area contributed by atoms with Gasteiger partial charge in [0.2, 0.25) is 0 Å². The molecule has 5 heteroatoms. The van der Waals surface area contributed by atoms with Gasteiger partial charge in [-0.05, 0) is 49.1 Å². The molecule has 0 radical (unpaired) electrons. The van der Waals surface area contributed by atoms with Crippen molar-refractivity contribution < 1.29 is 14.7 Å². The van der Waals surface area contributed by atoms with Crippen molar-refractivity contribution >= 4 is 23.5 Å². The molecule has 3 rings (SSSR count). The SMILES string of the molecule is Cc1cc(C(=O)N2CCC(C(=O)O)(c3ccccc3)CC2)ccc1Cl. The molecular weight excluding hydrogens is 338 g/mol. The van der Waals surface area contributed by atoms with E-state index in [-0.39, 0.29) is 5.91 Å². The van der Waals surface area contributed by atoms with Crippen molar-refractivity contribution in [2.45, 2.75) is 25.2 Å². The number of aliphatic carboxylic acids is 1. The number of hydrogen-bond acceptors (Lipinski definition) is 2. The number of carboxylic acids is 1. The molecule has 0 atom stereocenters. The lowest BCUT2D eigenvalue weighted by atomic mass is 9.72. The number of piperidine rings is 1. The number of carboxylic acid groups (broad SMARTS) is 1. The zero-order valence-corrected chi connectivity index (χ0v) is 14.8. The average molecular weight is 358 g/mol. The van der Waals surface area contributed by atoms with Gasteiger partial charge in [-0.1, -0.05) is 41.9 Å². The van der Waals surface area contributed by atoms with Crippen molar-refractivity contribution in [3.05, 3.63) is 70.2 Å². The van der Waals surface area contributed by atoms with Crippen molar-refractivity contribution in [2.75, 3.05) is 13.1 Å². The van der Waals surface area contributed by atoms with Gasteiger partial charge in [0.1, 0.15) is 0 Å². The third kappa shape index (κ3) is 3.27. The Balaban J connectivity index is 1.79. The van der Waals surface area contributed by atoms with Crippen LogP contribution >= 0.6 is 11.6 Å². The number of hydrogen-bond donors (Lipinski definition) is 1. The van der Waals surface area contributed by atoms with Gasteiger partial charge in [0.15, 0.2) is 0 Å². The Morgan fingerprint density at radius 2 is 1.72 bits per heavy atom. The molecule has 1 N–H and O–H groups in total. The Morgan fingerprint density at radius 3 is 2.28 bits per heavy atom. The fourth-order valence-corrected chi connectivity index (χ4v) is 3.55. The summed E-state index contributed by atoms with van der Waals surface area (Å²) in [5.41, 5.74) is 1.32.